The molecule has 0 bridgehead atoms. The summed E-state index contributed by atoms with van der Waals surface area (Å²) in [5, 5.41) is 0. The number of anilines is 1. The van der Waals surface area contributed by atoms with Crippen LogP contribution in [0.15, 0.2) is 24.3 Å². The number of para-hydroxylation sites is 1. The van der Waals surface area contributed by atoms with Crippen LogP contribution < -0.4 is 4.90 Å². The van der Waals surface area contributed by atoms with Gasteiger partial charge < -0.3 is 4.90 Å². The first-order valence-electron chi connectivity index (χ1n) is 6.18. The molecule has 82 valence electrons. The number of aryl methyl sites for hydroxylation is 1. The van der Waals surface area contributed by atoms with Crippen molar-refractivity contribution in [1.29, 1.82) is 0 Å². The van der Waals surface area contributed by atoms with Gasteiger partial charge >= 0.3 is 0 Å². The summed E-state index contributed by atoms with van der Waals surface area (Å²) in [4.78, 5) is 2.56. The molecule has 1 aliphatic rings. The smallest absolute Gasteiger partial charge is 0.0395 e. The van der Waals surface area contributed by atoms with Gasteiger partial charge in [-0.1, -0.05) is 37.5 Å². The maximum Gasteiger partial charge on any atom is 0.0395 e. The first-order valence-corrected chi connectivity index (χ1v) is 6.18. The Morgan fingerprint density at radius 1 is 0.867 bits per heavy atom. The Morgan fingerprint density at radius 3 is 2.13 bits per heavy atom. The van der Waals surface area contributed by atoms with Gasteiger partial charge in [0.1, 0.15) is 0 Å². The minimum Gasteiger partial charge on any atom is -0.371 e. The highest BCUT2D eigenvalue weighted by Crippen LogP contribution is 2.22. The molecule has 15 heavy (non-hydrogen) atoms. The minimum atomic E-state index is 1.24. The van der Waals surface area contributed by atoms with Gasteiger partial charge in [0.05, 0.1) is 0 Å². The second-order valence-electron chi connectivity index (χ2n) is 4.54. The minimum absolute atomic E-state index is 1.24. The molecular weight excluding hydrogens is 182 g/mol. The maximum absolute atomic E-state index is 2.56. The lowest BCUT2D eigenvalue weighted by atomic mass is 10.1. The van der Waals surface area contributed by atoms with Crippen LogP contribution in [0.4, 0.5) is 5.69 Å². The Kier molecular flexibility index (Phi) is 3.65. The Bertz CT molecular complexity index is 298. The predicted molar refractivity (Wildman–Crippen MR) is 66.5 cm³/mol. The van der Waals surface area contributed by atoms with E-state index < -0.39 is 0 Å². The lowest BCUT2D eigenvalue weighted by molar-refractivity contribution is 0.556. The van der Waals surface area contributed by atoms with Crippen molar-refractivity contribution in [2.45, 2.75) is 39.0 Å². The first kappa shape index (κ1) is 10.5. The van der Waals surface area contributed by atoms with E-state index in [1.54, 1.807) is 0 Å². The standard InChI is InChI=1S/C14H21N/c1-13-9-5-6-10-14(13)15-11-7-3-2-4-8-12-15/h5-6,9-10H,2-4,7-8,11-12H2,1H3. The molecule has 1 aliphatic heterocycles. The van der Waals surface area contributed by atoms with Crippen molar-refractivity contribution >= 4 is 5.69 Å². The Morgan fingerprint density at radius 2 is 1.47 bits per heavy atom. The molecule has 2 rings (SSSR count). The van der Waals surface area contributed by atoms with E-state index in [1.807, 2.05) is 0 Å². The number of hydrogen-bond donors (Lipinski definition) is 0. The fourth-order valence-corrected chi connectivity index (χ4v) is 2.41. The van der Waals surface area contributed by atoms with E-state index in [0.29, 0.717) is 0 Å². The third-order valence-corrected chi connectivity index (χ3v) is 3.31. The van der Waals surface area contributed by atoms with E-state index in [4.69, 9.17) is 0 Å². The summed E-state index contributed by atoms with van der Waals surface area (Å²) in [5.74, 6) is 0. The molecule has 0 atom stereocenters. The highest BCUT2D eigenvalue weighted by molar-refractivity contribution is 5.52. The van der Waals surface area contributed by atoms with E-state index >= 15 is 0 Å². The van der Waals surface area contributed by atoms with Crippen molar-refractivity contribution in [3.63, 3.8) is 0 Å². The molecule has 1 heterocycles. The Hall–Kier alpha value is -0.980. The van der Waals surface area contributed by atoms with E-state index in [0.717, 1.165) is 0 Å². The summed E-state index contributed by atoms with van der Waals surface area (Å²) < 4.78 is 0. The zero-order valence-corrected chi connectivity index (χ0v) is 9.71. The highest BCUT2D eigenvalue weighted by atomic mass is 15.1. The number of benzene rings is 1. The van der Waals surface area contributed by atoms with Crippen LogP contribution >= 0.6 is 0 Å². The van der Waals surface area contributed by atoms with Gasteiger partial charge in [-0.3, -0.25) is 0 Å². The first-order chi connectivity index (χ1) is 7.38. The highest BCUT2D eigenvalue weighted by Gasteiger charge is 2.10. The van der Waals surface area contributed by atoms with Crippen LogP contribution in [-0.2, 0) is 0 Å². The van der Waals surface area contributed by atoms with Gasteiger partial charge in [-0.15, -0.1) is 0 Å². The van der Waals surface area contributed by atoms with Crippen LogP contribution in [0.1, 0.15) is 37.7 Å². The Labute approximate surface area is 93.1 Å². The second kappa shape index (κ2) is 5.20. The molecule has 0 amide bonds. The number of nitrogens with zero attached hydrogens (tertiary/aromatic N) is 1. The van der Waals surface area contributed by atoms with E-state index in [2.05, 4.69) is 36.1 Å². The van der Waals surface area contributed by atoms with Crippen LogP contribution in [0.2, 0.25) is 0 Å². The van der Waals surface area contributed by atoms with Crippen LogP contribution in [-0.4, -0.2) is 13.1 Å². The molecule has 1 fully saturated rings. The number of hydrogen-bond acceptors (Lipinski definition) is 1. The Balaban J connectivity index is 2.10. The van der Waals surface area contributed by atoms with Crippen molar-refractivity contribution in [2.24, 2.45) is 0 Å². The summed E-state index contributed by atoms with van der Waals surface area (Å²) in [6.45, 7) is 4.70. The molecule has 0 spiro atoms. The van der Waals surface area contributed by atoms with E-state index in [-0.39, 0.29) is 0 Å². The summed E-state index contributed by atoms with van der Waals surface area (Å²) in [6.07, 6.45) is 6.95. The van der Waals surface area contributed by atoms with Crippen LogP contribution in [0.5, 0.6) is 0 Å². The van der Waals surface area contributed by atoms with Crippen molar-refractivity contribution in [2.75, 3.05) is 18.0 Å². The van der Waals surface area contributed by atoms with E-state index in [9.17, 15) is 0 Å². The molecule has 1 aromatic carbocycles. The summed E-state index contributed by atoms with van der Waals surface area (Å²) in [5.41, 5.74) is 2.86. The van der Waals surface area contributed by atoms with Crippen molar-refractivity contribution in [3.05, 3.63) is 29.8 Å². The zero-order valence-electron chi connectivity index (χ0n) is 9.71. The van der Waals surface area contributed by atoms with Crippen LogP contribution in [0.25, 0.3) is 0 Å². The lowest BCUT2D eigenvalue weighted by Gasteiger charge is -2.28. The molecule has 0 aromatic heterocycles. The van der Waals surface area contributed by atoms with Crippen molar-refractivity contribution in [1.82, 2.24) is 0 Å². The van der Waals surface area contributed by atoms with Crippen molar-refractivity contribution in [3.8, 4) is 0 Å². The van der Waals surface area contributed by atoms with Gasteiger partial charge in [-0.2, -0.15) is 0 Å². The average molecular weight is 203 g/mol. The van der Waals surface area contributed by atoms with E-state index in [1.165, 1.54) is 56.4 Å². The molecular formula is C14H21N. The average Bonchev–Trinajstić information content (AvgIpc) is 2.19. The predicted octanol–water partition coefficient (Wildman–Crippen LogP) is 3.77. The van der Waals surface area contributed by atoms with Gasteiger partial charge in [0.25, 0.3) is 0 Å². The fraction of sp³-hybridized carbons (Fsp3) is 0.571. The normalized spacial score (nSPS) is 18.3. The molecule has 0 aliphatic carbocycles. The van der Waals surface area contributed by atoms with Gasteiger partial charge in [0.2, 0.25) is 0 Å². The summed E-state index contributed by atoms with van der Waals surface area (Å²) >= 11 is 0. The third kappa shape index (κ3) is 2.74. The third-order valence-electron chi connectivity index (χ3n) is 3.31. The molecule has 0 unspecified atom stereocenters. The van der Waals surface area contributed by atoms with Gasteiger partial charge in [0.15, 0.2) is 0 Å². The second-order valence-corrected chi connectivity index (χ2v) is 4.54. The molecule has 0 saturated carbocycles. The SMILES string of the molecule is Cc1ccccc1N1CCCCCCC1. The van der Waals surface area contributed by atoms with Crippen LogP contribution in [0, 0.1) is 6.92 Å². The lowest BCUT2D eigenvalue weighted by Crippen LogP contribution is -2.27. The largest absolute Gasteiger partial charge is 0.371 e. The molecule has 0 N–H and O–H groups in total. The molecule has 1 heteroatoms. The van der Waals surface area contributed by atoms with Crippen LogP contribution in [0.3, 0.4) is 0 Å². The zero-order chi connectivity index (χ0) is 10.5. The molecule has 1 saturated heterocycles. The number of rotatable bonds is 1. The molecule has 1 aromatic rings. The quantitative estimate of drug-likeness (QED) is 0.671. The summed E-state index contributed by atoms with van der Waals surface area (Å²) in [7, 11) is 0. The molecule has 0 radical (unpaired) electrons. The summed E-state index contributed by atoms with van der Waals surface area (Å²) in [6, 6.07) is 8.76. The maximum atomic E-state index is 2.56. The molecule has 1 nitrogen and oxygen atoms in total. The fourth-order valence-electron chi connectivity index (χ4n) is 2.41. The van der Waals surface area contributed by atoms with Gasteiger partial charge in [-0.25, -0.2) is 0 Å². The monoisotopic (exact) mass is 203 g/mol. The van der Waals surface area contributed by atoms with Gasteiger partial charge in [-0.05, 0) is 31.4 Å². The topological polar surface area (TPSA) is 3.24 Å². The van der Waals surface area contributed by atoms with Crippen molar-refractivity contribution < 1.29 is 0 Å². The van der Waals surface area contributed by atoms with Gasteiger partial charge in [0, 0.05) is 18.8 Å².